The molecule has 19 heavy (non-hydrogen) atoms. The summed E-state index contributed by atoms with van der Waals surface area (Å²) in [5, 5.41) is 7.28. The number of benzene rings is 1. The largest absolute Gasteiger partial charge is 0.436 e. The number of hydrogen-bond donors (Lipinski definition) is 2. The molecule has 1 aromatic heterocycles. The molecular weight excluding hydrogens is 320 g/mol. The Morgan fingerprint density at radius 2 is 2.05 bits per heavy atom. The summed E-state index contributed by atoms with van der Waals surface area (Å²) in [6.07, 6.45) is 1.36. The van der Waals surface area contributed by atoms with Gasteiger partial charge < -0.3 is 10.5 Å². The first kappa shape index (κ1) is 13.4. The van der Waals surface area contributed by atoms with Crippen LogP contribution in [0.15, 0.2) is 34.9 Å². The molecule has 4 nitrogen and oxygen atoms in total. The predicted octanol–water partition coefficient (Wildman–Crippen LogP) is 3.20. The third-order valence-corrected chi connectivity index (χ3v) is 2.68. The molecule has 0 saturated heterocycles. The Labute approximate surface area is 115 Å². The van der Waals surface area contributed by atoms with Crippen molar-refractivity contribution in [3.63, 3.8) is 0 Å². The number of pyridine rings is 1. The number of amidine groups is 1. The third-order valence-electron chi connectivity index (χ3n) is 2.22. The summed E-state index contributed by atoms with van der Waals surface area (Å²) < 4.78 is 32.2. The van der Waals surface area contributed by atoms with E-state index in [1.807, 2.05) is 0 Å². The molecule has 0 bridgehead atoms. The summed E-state index contributed by atoms with van der Waals surface area (Å²) in [5.41, 5.74) is 5.69. The fourth-order valence-corrected chi connectivity index (χ4v) is 1.76. The van der Waals surface area contributed by atoms with E-state index in [-0.39, 0.29) is 17.5 Å². The monoisotopic (exact) mass is 327 g/mol. The van der Waals surface area contributed by atoms with E-state index in [0.717, 1.165) is 6.07 Å². The van der Waals surface area contributed by atoms with E-state index in [2.05, 4.69) is 20.9 Å². The van der Waals surface area contributed by atoms with E-state index in [1.165, 1.54) is 24.4 Å². The molecule has 0 saturated carbocycles. The second-order valence-corrected chi connectivity index (χ2v) is 4.51. The van der Waals surface area contributed by atoms with Gasteiger partial charge >= 0.3 is 0 Å². The molecule has 1 heterocycles. The summed E-state index contributed by atoms with van der Waals surface area (Å²) in [6.45, 7) is 0. The van der Waals surface area contributed by atoms with Crippen molar-refractivity contribution in [3.05, 3.63) is 52.1 Å². The van der Waals surface area contributed by atoms with Crippen LogP contribution in [0.5, 0.6) is 11.6 Å². The van der Waals surface area contributed by atoms with Crippen molar-refractivity contribution < 1.29 is 13.5 Å². The van der Waals surface area contributed by atoms with Crippen LogP contribution in [0, 0.1) is 17.0 Å². The second-order valence-electron chi connectivity index (χ2n) is 3.60. The Bertz CT molecular complexity index is 649. The minimum absolute atomic E-state index is 0.0177. The summed E-state index contributed by atoms with van der Waals surface area (Å²) >= 11 is 3.04. The molecule has 0 fully saturated rings. The van der Waals surface area contributed by atoms with Crippen molar-refractivity contribution in [1.82, 2.24) is 4.98 Å². The highest BCUT2D eigenvalue weighted by Gasteiger charge is 2.13. The summed E-state index contributed by atoms with van der Waals surface area (Å²) in [5.74, 6) is -2.61. The topological polar surface area (TPSA) is 72.0 Å². The Hall–Kier alpha value is -2.02. The number of nitrogens with one attached hydrogen (secondary N) is 1. The van der Waals surface area contributed by atoms with Crippen LogP contribution in [0.4, 0.5) is 8.78 Å². The number of halogens is 3. The van der Waals surface area contributed by atoms with Crippen molar-refractivity contribution >= 4 is 21.8 Å². The molecule has 0 unspecified atom stereocenters. The standard InChI is InChI=1S/C12H8BrF2N3O/c13-7-4-8(14)11(15)9(5-7)19-10-3-6(12(16)17)1-2-18-10/h1-5H,(H3,16,17). The number of nitrogens with two attached hydrogens (primary N) is 1. The van der Waals surface area contributed by atoms with Crippen LogP contribution in [-0.4, -0.2) is 10.8 Å². The smallest absolute Gasteiger partial charge is 0.220 e. The maximum absolute atomic E-state index is 13.5. The lowest BCUT2D eigenvalue weighted by molar-refractivity contribution is 0.405. The Morgan fingerprint density at radius 1 is 1.32 bits per heavy atom. The number of hydrogen-bond acceptors (Lipinski definition) is 3. The van der Waals surface area contributed by atoms with Crippen molar-refractivity contribution in [3.8, 4) is 11.6 Å². The number of ether oxygens (including phenoxy) is 1. The first-order valence-corrected chi connectivity index (χ1v) is 5.89. The highest BCUT2D eigenvalue weighted by Crippen LogP contribution is 2.28. The highest BCUT2D eigenvalue weighted by atomic mass is 79.9. The number of aromatic nitrogens is 1. The van der Waals surface area contributed by atoms with Crippen LogP contribution in [-0.2, 0) is 0 Å². The molecule has 0 atom stereocenters. The SMILES string of the molecule is N=C(N)c1ccnc(Oc2cc(Br)cc(F)c2F)c1. The highest BCUT2D eigenvalue weighted by molar-refractivity contribution is 9.10. The lowest BCUT2D eigenvalue weighted by Crippen LogP contribution is -2.11. The van der Waals surface area contributed by atoms with Crippen molar-refractivity contribution in [2.45, 2.75) is 0 Å². The fourth-order valence-electron chi connectivity index (χ4n) is 1.35. The van der Waals surface area contributed by atoms with Gasteiger partial charge in [-0.2, -0.15) is 4.39 Å². The third kappa shape index (κ3) is 3.05. The van der Waals surface area contributed by atoms with Crippen LogP contribution >= 0.6 is 15.9 Å². The van der Waals surface area contributed by atoms with E-state index >= 15 is 0 Å². The van der Waals surface area contributed by atoms with Gasteiger partial charge in [-0.05, 0) is 18.2 Å². The maximum atomic E-state index is 13.5. The zero-order chi connectivity index (χ0) is 14.0. The molecule has 0 spiro atoms. The first-order chi connectivity index (χ1) is 8.97. The predicted molar refractivity (Wildman–Crippen MR) is 69.4 cm³/mol. The minimum Gasteiger partial charge on any atom is -0.436 e. The van der Waals surface area contributed by atoms with Gasteiger partial charge in [0.15, 0.2) is 11.6 Å². The molecule has 2 rings (SSSR count). The van der Waals surface area contributed by atoms with Crippen molar-refractivity contribution in [1.29, 1.82) is 5.41 Å². The van der Waals surface area contributed by atoms with E-state index < -0.39 is 11.6 Å². The van der Waals surface area contributed by atoms with Crippen LogP contribution in [0.2, 0.25) is 0 Å². The molecule has 3 N–H and O–H groups in total. The Morgan fingerprint density at radius 3 is 2.74 bits per heavy atom. The van der Waals surface area contributed by atoms with Gasteiger partial charge in [0.25, 0.3) is 0 Å². The van der Waals surface area contributed by atoms with E-state index in [9.17, 15) is 8.78 Å². The molecule has 0 aliphatic heterocycles. The van der Waals surface area contributed by atoms with Gasteiger partial charge in [-0.15, -0.1) is 0 Å². The maximum Gasteiger partial charge on any atom is 0.220 e. The van der Waals surface area contributed by atoms with Crippen LogP contribution in [0.1, 0.15) is 5.56 Å². The van der Waals surface area contributed by atoms with Gasteiger partial charge in [0.1, 0.15) is 5.84 Å². The van der Waals surface area contributed by atoms with E-state index in [1.54, 1.807) is 0 Å². The zero-order valence-electron chi connectivity index (χ0n) is 9.45. The van der Waals surface area contributed by atoms with Crippen LogP contribution in [0.3, 0.4) is 0 Å². The average Bonchev–Trinajstić information content (AvgIpc) is 2.35. The van der Waals surface area contributed by atoms with Gasteiger partial charge in [0.05, 0.1) is 0 Å². The molecule has 0 amide bonds. The molecule has 7 heteroatoms. The van der Waals surface area contributed by atoms with E-state index in [4.69, 9.17) is 15.9 Å². The van der Waals surface area contributed by atoms with Gasteiger partial charge in [-0.25, -0.2) is 9.37 Å². The molecule has 0 aliphatic rings. The minimum atomic E-state index is -1.11. The fraction of sp³-hybridized carbons (Fsp3) is 0. The first-order valence-electron chi connectivity index (χ1n) is 5.10. The zero-order valence-corrected chi connectivity index (χ0v) is 11.0. The van der Waals surface area contributed by atoms with Gasteiger partial charge in [-0.1, -0.05) is 15.9 Å². The molecule has 2 aromatic rings. The van der Waals surface area contributed by atoms with Gasteiger partial charge in [0, 0.05) is 22.3 Å². The lowest BCUT2D eigenvalue weighted by Gasteiger charge is -2.08. The summed E-state index contributed by atoms with van der Waals surface area (Å²) in [6, 6.07) is 5.13. The quantitative estimate of drug-likeness (QED) is 0.516. The van der Waals surface area contributed by atoms with Gasteiger partial charge in [0.2, 0.25) is 11.7 Å². The molecule has 0 aliphatic carbocycles. The van der Waals surface area contributed by atoms with E-state index in [0.29, 0.717) is 10.0 Å². The molecule has 98 valence electrons. The average molecular weight is 328 g/mol. The Balaban J connectivity index is 2.36. The van der Waals surface area contributed by atoms with Crippen LogP contribution in [0.25, 0.3) is 0 Å². The lowest BCUT2D eigenvalue weighted by atomic mass is 10.2. The summed E-state index contributed by atoms with van der Waals surface area (Å²) in [4.78, 5) is 3.84. The number of nitrogen functional groups attached to an aromatic ring is 1. The molecule has 1 aromatic carbocycles. The normalized spacial score (nSPS) is 10.3. The number of nitrogens with zero attached hydrogens (tertiary/aromatic N) is 1. The number of rotatable bonds is 3. The Kier molecular flexibility index (Phi) is 3.75. The summed E-state index contributed by atoms with van der Waals surface area (Å²) in [7, 11) is 0. The second kappa shape index (κ2) is 5.31. The van der Waals surface area contributed by atoms with Crippen molar-refractivity contribution in [2.24, 2.45) is 5.73 Å². The van der Waals surface area contributed by atoms with Crippen molar-refractivity contribution in [2.75, 3.05) is 0 Å². The molecular formula is C12H8BrF2N3O. The van der Waals surface area contributed by atoms with Gasteiger partial charge in [-0.3, -0.25) is 5.41 Å². The van der Waals surface area contributed by atoms with Crippen LogP contribution < -0.4 is 10.5 Å². The molecule has 0 radical (unpaired) electrons.